The highest BCUT2D eigenvalue weighted by Gasteiger charge is 2.02. The van der Waals surface area contributed by atoms with Crippen molar-refractivity contribution in [3.05, 3.63) is 30.3 Å². The second kappa shape index (κ2) is 7.17. The van der Waals surface area contributed by atoms with E-state index in [4.69, 9.17) is 4.74 Å². The fourth-order valence-electron chi connectivity index (χ4n) is 1.02. The average Bonchev–Trinajstić information content (AvgIpc) is 2.29. The van der Waals surface area contributed by atoms with Crippen LogP contribution in [0.15, 0.2) is 30.3 Å². The van der Waals surface area contributed by atoms with Crippen molar-refractivity contribution in [1.82, 2.24) is 4.90 Å². The Morgan fingerprint density at radius 2 is 2.00 bits per heavy atom. The summed E-state index contributed by atoms with van der Waals surface area (Å²) in [6, 6.07) is 9.69. The van der Waals surface area contributed by atoms with Crippen molar-refractivity contribution in [1.29, 1.82) is 0 Å². The van der Waals surface area contributed by atoms with Crippen LogP contribution in [0.1, 0.15) is 0 Å². The van der Waals surface area contributed by atoms with Gasteiger partial charge < -0.3 is 9.64 Å². The number of amides is 1. The first-order valence-electron chi connectivity index (χ1n) is 5.16. The molecule has 0 unspecified atom stereocenters. The number of para-hydroxylation sites is 1. The molecule has 4 heteroatoms. The summed E-state index contributed by atoms with van der Waals surface area (Å²) in [5.41, 5.74) is 0. The molecule has 16 heavy (non-hydrogen) atoms. The summed E-state index contributed by atoms with van der Waals surface area (Å²) in [5, 5.41) is 0. The van der Waals surface area contributed by atoms with Crippen molar-refractivity contribution in [3.63, 3.8) is 0 Å². The maximum Gasteiger partial charge on any atom is 0.232 e. The Hall–Kier alpha value is -1.16. The zero-order valence-corrected chi connectivity index (χ0v) is 10.5. The van der Waals surface area contributed by atoms with Crippen LogP contribution in [0.3, 0.4) is 0 Å². The molecule has 0 aliphatic heterocycles. The maximum absolute atomic E-state index is 11.2. The van der Waals surface area contributed by atoms with Gasteiger partial charge in [-0.3, -0.25) is 4.79 Å². The second-order valence-corrected chi connectivity index (χ2v) is 4.61. The number of hydrogen-bond donors (Lipinski definition) is 0. The van der Waals surface area contributed by atoms with Crippen LogP contribution in [0, 0.1) is 0 Å². The van der Waals surface area contributed by atoms with Gasteiger partial charge in [0.15, 0.2) is 0 Å². The van der Waals surface area contributed by atoms with Gasteiger partial charge in [-0.15, -0.1) is 11.8 Å². The van der Waals surface area contributed by atoms with E-state index in [1.54, 1.807) is 30.8 Å². The number of rotatable bonds is 6. The molecule has 0 saturated carbocycles. The SMILES string of the molecule is CN(C)C(=O)CSCCOc1ccccc1. The lowest BCUT2D eigenvalue weighted by molar-refractivity contribution is -0.125. The minimum absolute atomic E-state index is 0.143. The molecule has 3 nitrogen and oxygen atoms in total. The standard InChI is InChI=1S/C12H17NO2S/c1-13(2)12(14)10-16-9-8-15-11-6-4-3-5-7-11/h3-7H,8-10H2,1-2H3. The smallest absolute Gasteiger partial charge is 0.232 e. The van der Waals surface area contributed by atoms with E-state index in [1.807, 2.05) is 30.3 Å². The molecule has 1 aromatic carbocycles. The van der Waals surface area contributed by atoms with Crippen LogP contribution in [-0.4, -0.2) is 43.0 Å². The molecule has 0 radical (unpaired) electrons. The quantitative estimate of drug-likeness (QED) is 0.710. The molecule has 0 aromatic heterocycles. The normalized spacial score (nSPS) is 9.88. The van der Waals surface area contributed by atoms with Crippen molar-refractivity contribution < 1.29 is 9.53 Å². The first-order valence-corrected chi connectivity index (χ1v) is 6.31. The molecule has 0 bridgehead atoms. The molecule has 0 spiro atoms. The predicted octanol–water partition coefficient (Wildman–Crippen LogP) is 1.89. The van der Waals surface area contributed by atoms with E-state index < -0.39 is 0 Å². The maximum atomic E-state index is 11.2. The highest BCUT2D eigenvalue weighted by atomic mass is 32.2. The van der Waals surface area contributed by atoms with Gasteiger partial charge in [0, 0.05) is 19.8 Å². The lowest BCUT2D eigenvalue weighted by Gasteiger charge is -2.09. The van der Waals surface area contributed by atoms with Gasteiger partial charge in [-0.1, -0.05) is 18.2 Å². The van der Waals surface area contributed by atoms with Gasteiger partial charge in [0.05, 0.1) is 12.4 Å². The highest BCUT2D eigenvalue weighted by molar-refractivity contribution is 7.99. The fourth-order valence-corrected chi connectivity index (χ4v) is 1.80. The summed E-state index contributed by atoms with van der Waals surface area (Å²) in [7, 11) is 3.53. The summed E-state index contributed by atoms with van der Waals surface area (Å²) < 4.78 is 5.50. The molecule has 1 rings (SSSR count). The van der Waals surface area contributed by atoms with Crippen LogP contribution in [0.4, 0.5) is 0 Å². The minimum Gasteiger partial charge on any atom is -0.493 e. The van der Waals surface area contributed by atoms with Crippen LogP contribution in [0.25, 0.3) is 0 Å². The highest BCUT2D eigenvalue weighted by Crippen LogP contribution is 2.09. The predicted molar refractivity (Wildman–Crippen MR) is 68.0 cm³/mol. The van der Waals surface area contributed by atoms with Crippen LogP contribution in [-0.2, 0) is 4.79 Å². The molecule has 0 fully saturated rings. The molecule has 88 valence electrons. The Morgan fingerprint density at radius 1 is 1.31 bits per heavy atom. The van der Waals surface area contributed by atoms with Gasteiger partial charge in [0.2, 0.25) is 5.91 Å². The summed E-state index contributed by atoms with van der Waals surface area (Å²) in [6.45, 7) is 0.634. The number of thioether (sulfide) groups is 1. The summed E-state index contributed by atoms with van der Waals surface area (Å²) in [4.78, 5) is 12.8. The summed E-state index contributed by atoms with van der Waals surface area (Å²) >= 11 is 1.59. The first kappa shape index (κ1) is 12.9. The Labute approximate surface area is 101 Å². The summed E-state index contributed by atoms with van der Waals surface area (Å²) in [5.74, 6) is 2.37. The molecule has 0 aliphatic rings. The third kappa shape index (κ3) is 5.07. The van der Waals surface area contributed by atoms with Crippen molar-refractivity contribution in [2.45, 2.75) is 0 Å². The molecular formula is C12H17NO2S. The third-order valence-electron chi connectivity index (χ3n) is 1.96. The topological polar surface area (TPSA) is 29.5 Å². The minimum atomic E-state index is 0.143. The lowest BCUT2D eigenvalue weighted by atomic mass is 10.3. The van der Waals surface area contributed by atoms with E-state index in [0.29, 0.717) is 12.4 Å². The Bertz CT molecular complexity index is 314. The van der Waals surface area contributed by atoms with Gasteiger partial charge in [0.25, 0.3) is 0 Å². The van der Waals surface area contributed by atoms with E-state index in [0.717, 1.165) is 11.5 Å². The van der Waals surface area contributed by atoms with E-state index in [-0.39, 0.29) is 5.91 Å². The number of benzene rings is 1. The molecule has 1 aromatic rings. The number of hydrogen-bond acceptors (Lipinski definition) is 3. The molecule has 0 heterocycles. The van der Waals surface area contributed by atoms with Crippen LogP contribution in [0.5, 0.6) is 5.75 Å². The average molecular weight is 239 g/mol. The number of carbonyl (C=O) groups is 1. The van der Waals surface area contributed by atoms with Crippen LogP contribution >= 0.6 is 11.8 Å². The Kier molecular flexibility index (Phi) is 5.78. The lowest BCUT2D eigenvalue weighted by Crippen LogP contribution is -2.23. The molecule has 0 saturated heterocycles. The van der Waals surface area contributed by atoms with Crippen molar-refractivity contribution >= 4 is 17.7 Å². The van der Waals surface area contributed by atoms with Gasteiger partial charge >= 0.3 is 0 Å². The van der Waals surface area contributed by atoms with Crippen molar-refractivity contribution in [2.75, 3.05) is 32.2 Å². The largest absolute Gasteiger partial charge is 0.493 e. The van der Waals surface area contributed by atoms with Gasteiger partial charge in [-0.05, 0) is 12.1 Å². The fraction of sp³-hybridized carbons (Fsp3) is 0.417. The molecule has 0 N–H and O–H groups in total. The molecule has 0 aliphatic carbocycles. The monoisotopic (exact) mass is 239 g/mol. The van der Waals surface area contributed by atoms with Crippen molar-refractivity contribution in [2.24, 2.45) is 0 Å². The Morgan fingerprint density at radius 3 is 2.62 bits per heavy atom. The number of ether oxygens (including phenoxy) is 1. The molecular weight excluding hydrogens is 222 g/mol. The van der Waals surface area contributed by atoms with Gasteiger partial charge in [-0.2, -0.15) is 0 Å². The molecule has 0 atom stereocenters. The second-order valence-electron chi connectivity index (χ2n) is 3.50. The van der Waals surface area contributed by atoms with Crippen molar-refractivity contribution in [3.8, 4) is 5.75 Å². The van der Waals surface area contributed by atoms with E-state index in [9.17, 15) is 4.79 Å². The van der Waals surface area contributed by atoms with Crippen LogP contribution in [0.2, 0.25) is 0 Å². The van der Waals surface area contributed by atoms with Crippen LogP contribution < -0.4 is 4.74 Å². The van der Waals surface area contributed by atoms with E-state index >= 15 is 0 Å². The summed E-state index contributed by atoms with van der Waals surface area (Å²) in [6.07, 6.45) is 0. The van der Waals surface area contributed by atoms with Gasteiger partial charge in [-0.25, -0.2) is 0 Å². The Balaban J connectivity index is 2.07. The number of carbonyl (C=O) groups excluding carboxylic acids is 1. The van der Waals surface area contributed by atoms with E-state index in [2.05, 4.69) is 0 Å². The zero-order chi connectivity index (χ0) is 11.8. The molecule has 1 amide bonds. The zero-order valence-electron chi connectivity index (χ0n) is 9.68. The first-order chi connectivity index (χ1) is 7.70. The third-order valence-corrected chi connectivity index (χ3v) is 2.87. The number of nitrogens with zero attached hydrogens (tertiary/aromatic N) is 1. The van der Waals surface area contributed by atoms with E-state index in [1.165, 1.54) is 0 Å². The van der Waals surface area contributed by atoms with Gasteiger partial charge in [0.1, 0.15) is 5.75 Å².